The number of nitrogens with one attached hydrogen (secondary N) is 2. The maximum Gasteiger partial charge on any atom is 0.137 e. The summed E-state index contributed by atoms with van der Waals surface area (Å²) in [5, 5.41) is 6.23. The Labute approximate surface area is 114 Å². The predicted octanol–water partition coefficient (Wildman–Crippen LogP) is 4.08. The first-order valence-corrected chi connectivity index (χ1v) is 6.25. The summed E-state index contributed by atoms with van der Waals surface area (Å²) in [7, 11) is 1.83. The Morgan fingerprint density at radius 3 is 2.61 bits per heavy atom. The number of aromatic nitrogens is 1. The van der Waals surface area contributed by atoms with Gasteiger partial charge in [0.2, 0.25) is 0 Å². The molecule has 0 saturated carbocycles. The summed E-state index contributed by atoms with van der Waals surface area (Å²) in [6.07, 6.45) is 3.45. The highest BCUT2D eigenvalue weighted by Gasteiger charge is 2.06. The van der Waals surface area contributed by atoms with Gasteiger partial charge in [0.15, 0.2) is 0 Å². The van der Waals surface area contributed by atoms with Crippen LogP contribution in [0.4, 0.5) is 21.5 Å². The van der Waals surface area contributed by atoms with Crippen molar-refractivity contribution in [2.24, 2.45) is 0 Å². The van der Waals surface area contributed by atoms with E-state index in [2.05, 4.69) is 31.5 Å². The van der Waals surface area contributed by atoms with Crippen molar-refractivity contribution in [1.29, 1.82) is 0 Å². The minimum Gasteiger partial charge on any atom is -0.387 e. The molecule has 2 rings (SSSR count). The maximum absolute atomic E-state index is 13.3. The molecule has 0 bridgehead atoms. The predicted molar refractivity (Wildman–Crippen MR) is 75.9 cm³/mol. The van der Waals surface area contributed by atoms with Crippen molar-refractivity contribution in [2.75, 3.05) is 17.7 Å². The van der Waals surface area contributed by atoms with Crippen LogP contribution in [0.25, 0.3) is 0 Å². The Kier molecular flexibility index (Phi) is 3.81. The highest BCUT2D eigenvalue weighted by molar-refractivity contribution is 9.10. The van der Waals surface area contributed by atoms with Gasteiger partial charge in [-0.15, -0.1) is 0 Å². The van der Waals surface area contributed by atoms with Gasteiger partial charge in [0.05, 0.1) is 28.2 Å². The molecule has 0 unspecified atom stereocenters. The number of pyridine rings is 1. The van der Waals surface area contributed by atoms with Crippen LogP contribution < -0.4 is 10.6 Å². The van der Waals surface area contributed by atoms with Crippen LogP contribution in [-0.4, -0.2) is 12.0 Å². The van der Waals surface area contributed by atoms with E-state index < -0.39 is 0 Å². The molecular weight excluding hydrogens is 297 g/mol. The highest BCUT2D eigenvalue weighted by atomic mass is 79.9. The average Bonchev–Trinajstić information content (AvgIpc) is 2.36. The standard InChI is InChI=1S/C13H13BrFN3/c1-8-3-12(15)11(14)5-13(8)18-10-4-9(16-2)6-17-7-10/h3-7,16,18H,1-2H3. The lowest BCUT2D eigenvalue weighted by Gasteiger charge is -2.11. The number of anilines is 3. The molecule has 0 atom stereocenters. The van der Waals surface area contributed by atoms with Gasteiger partial charge < -0.3 is 10.6 Å². The van der Waals surface area contributed by atoms with E-state index in [0.717, 1.165) is 22.6 Å². The van der Waals surface area contributed by atoms with Crippen LogP contribution in [0.1, 0.15) is 5.56 Å². The first kappa shape index (κ1) is 12.8. The molecule has 18 heavy (non-hydrogen) atoms. The van der Waals surface area contributed by atoms with Crippen molar-refractivity contribution in [3.05, 3.63) is 46.4 Å². The van der Waals surface area contributed by atoms with Crippen LogP contribution in [0, 0.1) is 12.7 Å². The van der Waals surface area contributed by atoms with Gasteiger partial charge in [-0.2, -0.15) is 0 Å². The first-order valence-electron chi connectivity index (χ1n) is 5.45. The van der Waals surface area contributed by atoms with Crippen LogP contribution in [0.2, 0.25) is 0 Å². The fourth-order valence-corrected chi connectivity index (χ4v) is 1.92. The number of benzene rings is 1. The van der Waals surface area contributed by atoms with E-state index in [1.165, 1.54) is 6.07 Å². The van der Waals surface area contributed by atoms with Gasteiger partial charge in [-0.25, -0.2) is 4.39 Å². The first-order chi connectivity index (χ1) is 8.60. The van der Waals surface area contributed by atoms with Crippen LogP contribution in [0.5, 0.6) is 0 Å². The van der Waals surface area contributed by atoms with E-state index >= 15 is 0 Å². The highest BCUT2D eigenvalue weighted by Crippen LogP contribution is 2.27. The summed E-state index contributed by atoms with van der Waals surface area (Å²) in [6, 6.07) is 5.14. The lowest BCUT2D eigenvalue weighted by molar-refractivity contribution is 0.620. The molecule has 2 N–H and O–H groups in total. The van der Waals surface area contributed by atoms with Crippen LogP contribution >= 0.6 is 15.9 Å². The van der Waals surface area contributed by atoms with Crippen molar-refractivity contribution in [2.45, 2.75) is 6.92 Å². The molecule has 0 aliphatic heterocycles. The minimum absolute atomic E-state index is 0.264. The lowest BCUT2D eigenvalue weighted by atomic mass is 10.2. The van der Waals surface area contributed by atoms with E-state index in [0.29, 0.717) is 4.47 Å². The van der Waals surface area contributed by atoms with Crippen LogP contribution in [-0.2, 0) is 0 Å². The van der Waals surface area contributed by atoms with Crippen LogP contribution in [0.3, 0.4) is 0 Å². The molecule has 2 aromatic rings. The zero-order valence-corrected chi connectivity index (χ0v) is 11.7. The topological polar surface area (TPSA) is 37.0 Å². The molecule has 0 spiro atoms. The monoisotopic (exact) mass is 309 g/mol. The maximum atomic E-state index is 13.3. The normalized spacial score (nSPS) is 10.2. The molecule has 3 nitrogen and oxygen atoms in total. The number of hydrogen-bond acceptors (Lipinski definition) is 3. The summed E-state index contributed by atoms with van der Waals surface area (Å²) < 4.78 is 13.8. The van der Waals surface area contributed by atoms with Gasteiger partial charge >= 0.3 is 0 Å². The minimum atomic E-state index is -0.264. The second-order valence-corrected chi connectivity index (χ2v) is 4.77. The zero-order chi connectivity index (χ0) is 13.1. The summed E-state index contributed by atoms with van der Waals surface area (Å²) in [6.45, 7) is 1.85. The molecular formula is C13H13BrFN3. The molecule has 0 fully saturated rings. The Bertz CT molecular complexity index is 572. The van der Waals surface area contributed by atoms with Crippen molar-refractivity contribution in [1.82, 2.24) is 4.98 Å². The van der Waals surface area contributed by atoms with E-state index in [4.69, 9.17) is 0 Å². The summed E-state index contributed by atoms with van der Waals surface area (Å²) >= 11 is 3.18. The number of rotatable bonds is 3. The SMILES string of the molecule is CNc1cncc(Nc2cc(Br)c(F)cc2C)c1. The Balaban J connectivity index is 2.30. The quantitative estimate of drug-likeness (QED) is 0.897. The van der Waals surface area contributed by atoms with Crippen molar-refractivity contribution >= 4 is 33.0 Å². The third kappa shape index (κ3) is 2.79. The van der Waals surface area contributed by atoms with Gasteiger partial charge in [0.1, 0.15) is 5.82 Å². The van der Waals surface area contributed by atoms with E-state index in [9.17, 15) is 4.39 Å². The summed E-state index contributed by atoms with van der Waals surface area (Å²) in [5.41, 5.74) is 3.45. The smallest absolute Gasteiger partial charge is 0.137 e. The van der Waals surface area contributed by atoms with Gasteiger partial charge in [0.25, 0.3) is 0 Å². The van der Waals surface area contributed by atoms with Gasteiger partial charge in [0, 0.05) is 12.7 Å². The lowest BCUT2D eigenvalue weighted by Crippen LogP contribution is -1.97. The molecule has 0 saturated heterocycles. The number of hydrogen-bond donors (Lipinski definition) is 2. The van der Waals surface area contributed by atoms with Gasteiger partial charge in [-0.05, 0) is 46.6 Å². The third-order valence-corrected chi connectivity index (χ3v) is 3.18. The van der Waals surface area contributed by atoms with E-state index in [1.54, 1.807) is 18.5 Å². The number of halogens is 2. The fraction of sp³-hybridized carbons (Fsp3) is 0.154. The largest absolute Gasteiger partial charge is 0.387 e. The van der Waals surface area contributed by atoms with Crippen molar-refractivity contribution < 1.29 is 4.39 Å². The zero-order valence-electron chi connectivity index (χ0n) is 10.1. The van der Waals surface area contributed by atoms with E-state index in [1.807, 2.05) is 20.0 Å². The molecule has 1 aromatic heterocycles. The summed E-state index contributed by atoms with van der Waals surface area (Å²) in [4.78, 5) is 4.11. The number of aryl methyl sites for hydroxylation is 1. The Hall–Kier alpha value is -1.62. The second kappa shape index (κ2) is 5.35. The summed E-state index contributed by atoms with van der Waals surface area (Å²) in [5.74, 6) is -0.264. The Morgan fingerprint density at radius 1 is 1.17 bits per heavy atom. The number of nitrogens with zero attached hydrogens (tertiary/aromatic N) is 1. The molecule has 0 radical (unpaired) electrons. The second-order valence-electron chi connectivity index (χ2n) is 3.92. The fourth-order valence-electron chi connectivity index (χ4n) is 1.58. The average molecular weight is 310 g/mol. The molecule has 1 heterocycles. The molecule has 1 aromatic carbocycles. The Morgan fingerprint density at radius 2 is 1.89 bits per heavy atom. The van der Waals surface area contributed by atoms with Crippen LogP contribution in [0.15, 0.2) is 35.1 Å². The van der Waals surface area contributed by atoms with Gasteiger partial charge in [-0.1, -0.05) is 0 Å². The van der Waals surface area contributed by atoms with E-state index in [-0.39, 0.29) is 5.82 Å². The molecule has 0 aliphatic carbocycles. The third-order valence-electron chi connectivity index (χ3n) is 2.57. The van der Waals surface area contributed by atoms with Crippen molar-refractivity contribution in [3.8, 4) is 0 Å². The molecule has 5 heteroatoms. The van der Waals surface area contributed by atoms with Gasteiger partial charge in [-0.3, -0.25) is 4.98 Å². The molecule has 0 aliphatic rings. The molecule has 0 amide bonds. The van der Waals surface area contributed by atoms with Crippen molar-refractivity contribution in [3.63, 3.8) is 0 Å². The molecule has 94 valence electrons.